The third-order valence-electron chi connectivity index (χ3n) is 3.06. The first kappa shape index (κ1) is 13.5. The van der Waals surface area contributed by atoms with E-state index in [2.05, 4.69) is 5.32 Å². The molecule has 4 nitrogen and oxygen atoms in total. The number of nitrogens with zero attached hydrogens (tertiary/aromatic N) is 1. The molecule has 0 bridgehead atoms. The predicted molar refractivity (Wildman–Crippen MR) is 64.3 cm³/mol. The van der Waals surface area contributed by atoms with Crippen LogP contribution < -0.4 is 5.32 Å². The first-order valence-electron chi connectivity index (χ1n) is 6.05. The molecule has 0 unspecified atom stereocenters. The van der Waals surface area contributed by atoms with Crippen molar-refractivity contribution in [3.63, 3.8) is 0 Å². The van der Waals surface area contributed by atoms with Gasteiger partial charge in [-0.2, -0.15) is 0 Å². The van der Waals surface area contributed by atoms with Gasteiger partial charge in [0.05, 0.1) is 6.42 Å². The quantitative estimate of drug-likeness (QED) is 0.864. The van der Waals surface area contributed by atoms with Crippen molar-refractivity contribution in [1.29, 1.82) is 0 Å². The van der Waals surface area contributed by atoms with Crippen molar-refractivity contribution in [3.8, 4) is 0 Å². The van der Waals surface area contributed by atoms with Crippen LogP contribution >= 0.6 is 0 Å². The number of nitrogens with one attached hydrogen (secondary N) is 1. The zero-order valence-electron chi connectivity index (χ0n) is 10.3. The maximum absolute atomic E-state index is 13.4. The third kappa shape index (κ3) is 3.27. The first-order valence-corrected chi connectivity index (χ1v) is 6.05. The Morgan fingerprint density at radius 3 is 2.63 bits per heavy atom. The number of amides is 2. The Bertz CT molecular complexity index is 485. The number of benzene rings is 1. The molecule has 0 spiro atoms. The summed E-state index contributed by atoms with van der Waals surface area (Å²) >= 11 is 0. The molecule has 0 aliphatic carbocycles. The van der Waals surface area contributed by atoms with Gasteiger partial charge in [0, 0.05) is 31.6 Å². The van der Waals surface area contributed by atoms with Gasteiger partial charge in [0.2, 0.25) is 11.8 Å². The molecule has 1 aromatic carbocycles. The Kier molecular flexibility index (Phi) is 4.09. The maximum atomic E-state index is 13.4. The lowest BCUT2D eigenvalue weighted by molar-refractivity contribution is -0.130. The number of halogens is 2. The molecule has 1 aliphatic heterocycles. The van der Waals surface area contributed by atoms with Gasteiger partial charge in [0.1, 0.15) is 11.6 Å². The molecule has 102 valence electrons. The molecule has 2 rings (SSSR count). The second-order valence-electron chi connectivity index (χ2n) is 4.36. The zero-order chi connectivity index (χ0) is 13.8. The molecule has 0 saturated carbocycles. The van der Waals surface area contributed by atoms with Crippen LogP contribution in [-0.2, 0) is 16.0 Å². The van der Waals surface area contributed by atoms with Crippen molar-refractivity contribution < 1.29 is 18.4 Å². The van der Waals surface area contributed by atoms with E-state index < -0.39 is 11.6 Å². The number of rotatable bonds is 2. The monoisotopic (exact) mass is 268 g/mol. The molecule has 0 radical (unpaired) electrons. The Morgan fingerprint density at radius 1 is 1.26 bits per heavy atom. The molecular weight excluding hydrogens is 254 g/mol. The minimum Gasteiger partial charge on any atom is -0.354 e. The van der Waals surface area contributed by atoms with Crippen molar-refractivity contribution in [2.24, 2.45) is 0 Å². The van der Waals surface area contributed by atoms with E-state index >= 15 is 0 Å². The van der Waals surface area contributed by atoms with Crippen molar-refractivity contribution in [3.05, 3.63) is 35.4 Å². The molecular formula is C13H14F2N2O2. The molecule has 2 amide bonds. The molecule has 1 saturated heterocycles. The van der Waals surface area contributed by atoms with Crippen LogP contribution in [0, 0.1) is 11.6 Å². The summed E-state index contributed by atoms with van der Waals surface area (Å²) in [4.78, 5) is 24.6. The molecule has 19 heavy (non-hydrogen) atoms. The molecule has 0 aromatic heterocycles. The zero-order valence-corrected chi connectivity index (χ0v) is 10.3. The molecule has 1 fully saturated rings. The topological polar surface area (TPSA) is 49.4 Å². The van der Waals surface area contributed by atoms with Gasteiger partial charge in [-0.25, -0.2) is 8.78 Å². The van der Waals surface area contributed by atoms with Gasteiger partial charge in [0.15, 0.2) is 0 Å². The van der Waals surface area contributed by atoms with Crippen LogP contribution in [0.2, 0.25) is 0 Å². The highest BCUT2D eigenvalue weighted by Crippen LogP contribution is 2.14. The fourth-order valence-electron chi connectivity index (χ4n) is 1.98. The van der Waals surface area contributed by atoms with E-state index in [9.17, 15) is 18.4 Å². The van der Waals surface area contributed by atoms with Crippen LogP contribution in [0.4, 0.5) is 8.78 Å². The molecule has 1 aliphatic rings. The van der Waals surface area contributed by atoms with Crippen molar-refractivity contribution >= 4 is 11.8 Å². The van der Waals surface area contributed by atoms with Gasteiger partial charge >= 0.3 is 0 Å². The molecule has 0 atom stereocenters. The van der Waals surface area contributed by atoms with Gasteiger partial charge in [-0.3, -0.25) is 9.59 Å². The molecule has 1 N–H and O–H groups in total. The van der Waals surface area contributed by atoms with E-state index in [0.717, 1.165) is 12.1 Å². The number of hydrogen-bond acceptors (Lipinski definition) is 2. The Morgan fingerprint density at radius 2 is 1.95 bits per heavy atom. The summed E-state index contributed by atoms with van der Waals surface area (Å²) in [6.07, 6.45) is -0.113. The summed E-state index contributed by atoms with van der Waals surface area (Å²) in [7, 11) is 0. The summed E-state index contributed by atoms with van der Waals surface area (Å²) in [6.45, 7) is 1.01. The maximum Gasteiger partial charge on any atom is 0.227 e. The van der Waals surface area contributed by atoms with E-state index in [1.165, 1.54) is 11.0 Å². The fourth-order valence-corrected chi connectivity index (χ4v) is 1.98. The van der Waals surface area contributed by atoms with E-state index in [-0.39, 0.29) is 36.8 Å². The summed E-state index contributed by atoms with van der Waals surface area (Å²) < 4.78 is 26.9. The standard InChI is InChI=1S/C13H14F2N2O2/c14-10-2-1-3-11(15)9(10)8-13(19)17-6-4-12(18)16-5-7-17/h1-3H,4-8H2,(H,16,18). The van der Waals surface area contributed by atoms with Gasteiger partial charge in [-0.15, -0.1) is 0 Å². The Balaban J connectivity index is 2.06. The highest BCUT2D eigenvalue weighted by molar-refractivity contribution is 5.81. The molecule has 6 heteroatoms. The van der Waals surface area contributed by atoms with Crippen molar-refractivity contribution in [1.82, 2.24) is 10.2 Å². The Labute approximate surface area is 109 Å². The summed E-state index contributed by atoms with van der Waals surface area (Å²) in [5, 5.41) is 2.64. The highest BCUT2D eigenvalue weighted by atomic mass is 19.1. The van der Waals surface area contributed by atoms with E-state index in [4.69, 9.17) is 0 Å². The number of carbonyl (C=O) groups is 2. The van der Waals surface area contributed by atoms with Gasteiger partial charge < -0.3 is 10.2 Å². The molecule has 1 aromatic rings. The fraction of sp³-hybridized carbons (Fsp3) is 0.385. The minimum absolute atomic E-state index is 0.118. The average Bonchev–Trinajstić information content (AvgIpc) is 2.59. The normalized spacial score (nSPS) is 15.9. The van der Waals surface area contributed by atoms with Crippen LogP contribution in [0.1, 0.15) is 12.0 Å². The van der Waals surface area contributed by atoms with Crippen LogP contribution in [0.15, 0.2) is 18.2 Å². The summed E-state index contributed by atoms with van der Waals surface area (Å²) in [5.41, 5.74) is -0.226. The minimum atomic E-state index is -0.725. The van der Waals surface area contributed by atoms with Crippen molar-refractivity contribution in [2.75, 3.05) is 19.6 Å². The first-order chi connectivity index (χ1) is 9.08. The van der Waals surface area contributed by atoms with E-state index in [1.54, 1.807) is 0 Å². The highest BCUT2D eigenvalue weighted by Gasteiger charge is 2.21. The third-order valence-corrected chi connectivity index (χ3v) is 3.06. The SMILES string of the molecule is O=C1CCN(C(=O)Cc2c(F)cccc2F)CCN1. The van der Waals surface area contributed by atoms with Crippen LogP contribution in [0.5, 0.6) is 0 Å². The summed E-state index contributed by atoms with van der Waals surface area (Å²) in [6, 6.07) is 3.51. The van der Waals surface area contributed by atoms with Gasteiger partial charge in [-0.05, 0) is 12.1 Å². The van der Waals surface area contributed by atoms with E-state index in [0.29, 0.717) is 13.1 Å². The van der Waals surface area contributed by atoms with Crippen LogP contribution in [-0.4, -0.2) is 36.3 Å². The second-order valence-corrected chi connectivity index (χ2v) is 4.36. The lowest BCUT2D eigenvalue weighted by Crippen LogP contribution is -2.35. The van der Waals surface area contributed by atoms with Gasteiger partial charge in [0.25, 0.3) is 0 Å². The summed E-state index contributed by atoms with van der Waals surface area (Å²) in [5.74, 6) is -1.94. The second kappa shape index (κ2) is 5.77. The molecule has 1 heterocycles. The van der Waals surface area contributed by atoms with Crippen molar-refractivity contribution in [2.45, 2.75) is 12.8 Å². The average molecular weight is 268 g/mol. The lowest BCUT2D eigenvalue weighted by atomic mass is 10.1. The number of hydrogen-bond donors (Lipinski definition) is 1. The smallest absolute Gasteiger partial charge is 0.227 e. The van der Waals surface area contributed by atoms with Crippen LogP contribution in [0.25, 0.3) is 0 Å². The Hall–Kier alpha value is -1.98. The van der Waals surface area contributed by atoms with E-state index in [1.807, 2.05) is 0 Å². The van der Waals surface area contributed by atoms with Gasteiger partial charge in [-0.1, -0.05) is 6.07 Å². The largest absolute Gasteiger partial charge is 0.354 e. The predicted octanol–water partition coefficient (Wildman–Crippen LogP) is 0.856. The number of carbonyl (C=O) groups excluding carboxylic acids is 2. The lowest BCUT2D eigenvalue weighted by Gasteiger charge is -2.19. The van der Waals surface area contributed by atoms with Crippen LogP contribution in [0.3, 0.4) is 0 Å².